The lowest BCUT2D eigenvalue weighted by atomic mass is 9.99. The average Bonchev–Trinajstić information content (AvgIpc) is 3.60. The van der Waals surface area contributed by atoms with E-state index in [1.54, 1.807) is 20.8 Å². The molecule has 0 aliphatic carbocycles. The molecular formula is C26H39N3O6. The second kappa shape index (κ2) is 11.7. The first kappa shape index (κ1) is 26.8. The fourth-order valence-corrected chi connectivity index (χ4v) is 3.96. The van der Waals surface area contributed by atoms with Gasteiger partial charge in [0.05, 0.1) is 19.3 Å². The normalized spacial score (nSPS) is 26.2. The molecule has 0 radical (unpaired) electrons. The molecule has 3 aliphatic heterocycles. The van der Waals surface area contributed by atoms with Crippen LogP contribution in [-0.2, 0) is 25.5 Å². The first-order valence-electron chi connectivity index (χ1n) is 12.5. The molecule has 3 aliphatic rings. The molecule has 0 aromatic heterocycles. The number of alkyl carbamates (subject to hydrolysis) is 1. The maximum absolute atomic E-state index is 13.3. The molecular weight excluding hydrogens is 450 g/mol. The molecule has 3 heterocycles. The van der Waals surface area contributed by atoms with Gasteiger partial charge >= 0.3 is 6.09 Å². The van der Waals surface area contributed by atoms with E-state index >= 15 is 0 Å². The van der Waals surface area contributed by atoms with Gasteiger partial charge in [0.1, 0.15) is 29.5 Å². The molecule has 1 aromatic carbocycles. The molecule has 0 unspecified atom stereocenters. The summed E-state index contributed by atoms with van der Waals surface area (Å²) in [5.41, 5.74) is 0.371. The number of hydrogen-bond acceptors (Lipinski definition) is 6. The molecule has 35 heavy (non-hydrogen) atoms. The zero-order chi connectivity index (χ0) is 25.6. The Kier molecular flexibility index (Phi) is 8.99. The molecule has 1 saturated heterocycles. The predicted octanol–water partition coefficient (Wildman–Crippen LogP) is 2.71. The van der Waals surface area contributed by atoms with Crippen LogP contribution in [0.3, 0.4) is 0 Å². The fraction of sp³-hybridized carbons (Fsp3) is 0.654. The van der Waals surface area contributed by atoms with E-state index in [1.807, 2.05) is 38.1 Å². The molecule has 9 nitrogen and oxygen atoms in total. The van der Waals surface area contributed by atoms with Gasteiger partial charge < -0.3 is 30.2 Å². The maximum atomic E-state index is 13.3. The lowest BCUT2D eigenvalue weighted by Gasteiger charge is -2.28. The molecule has 9 heteroatoms. The van der Waals surface area contributed by atoms with Gasteiger partial charge in [-0.1, -0.05) is 26.0 Å². The Balaban J connectivity index is 1.79. The summed E-state index contributed by atoms with van der Waals surface area (Å²) in [6.45, 7) is 10.1. The van der Waals surface area contributed by atoms with Crippen LogP contribution in [0.15, 0.2) is 24.3 Å². The minimum absolute atomic E-state index is 0.0537. The van der Waals surface area contributed by atoms with Gasteiger partial charge in [-0.2, -0.15) is 0 Å². The van der Waals surface area contributed by atoms with Crippen LogP contribution < -0.4 is 20.7 Å². The quantitative estimate of drug-likeness (QED) is 0.562. The molecule has 3 N–H and O–H groups in total. The molecule has 4 rings (SSSR count). The number of epoxide rings is 1. The van der Waals surface area contributed by atoms with Crippen LogP contribution in [0.2, 0.25) is 0 Å². The summed E-state index contributed by atoms with van der Waals surface area (Å²) in [4.78, 5) is 38.9. The summed E-state index contributed by atoms with van der Waals surface area (Å²) in [6.07, 6.45) is 1.62. The summed E-state index contributed by atoms with van der Waals surface area (Å²) < 4.78 is 16.7. The number of carbonyl (C=O) groups excluding carboxylic acids is 3. The van der Waals surface area contributed by atoms with Crippen LogP contribution in [0.5, 0.6) is 5.75 Å². The first-order chi connectivity index (χ1) is 16.5. The van der Waals surface area contributed by atoms with E-state index in [0.29, 0.717) is 38.9 Å². The number of amides is 3. The summed E-state index contributed by atoms with van der Waals surface area (Å²) in [5.74, 6) is -0.0745. The highest BCUT2D eigenvalue weighted by atomic mass is 16.6. The third kappa shape index (κ3) is 8.72. The Morgan fingerprint density at radius 3 is 2.37 bits per heavy atom. The van der Waals surface area contributed by atoms with Crippen molar-refractivity contribution in [1.82, 2.24) is 16.0 Å². The van der Waals surface area contributed by atoms with E-state index in [4.69, 9.17) is 14.2 Å². The number of nitrogens with one attached hydrogen (secondary N) is 3. The molecule has 194 valence electrons. The lowest BCUT2D eigenvalue weighted by molar-refractivity contribution is -0.131. The van der Waals surface area contributed by atoms with Gasteiger partial charge in [-0.15, -0.1) is 0 Å². The summed E-state index contributed by atoms with van der Waals surface area (Å²) in [7, 11) is 0. The minimum atomic E-state index is -0.837. The number of carbonyl (C=O) groups is 3. The Hall–Kier alpha value is -2.81. The van der Waals surface area contributed by atoms with Gasteiger partial charge in [-0.05, 0) is 70.1 Å². The van der Waals surface area contributed by atoms with Crippen LogP contribution >= 0.6 is 0 Å². The van der Waals surface area contributed by atoms with E-state index in [1.165, 1.54) is 0 Å². The first-order valence-corrected chi connectivity index (χ1v) is 12.5. The van der Waals surface area contributed by atoms with Crippen LogP contribution in [0.4, 0.5) is 4.79 Å². The van der Waals surface area contributed by atoms with Crippen molar-refractivity contribution in [2.45, 2.75) is 90.1 Å². The monoisotopic (exact) mass is 489 g/mol. The second-order valence-electron chi connectivity index (χ2n) is 10.6. The van der Waals surface area contributed by atoms with Gasteiger partial charge in [-0.3, -0.25) is 9.59 Å². The molecule has 3 amide bonds. The Morgan fingerprint density at radius 2 is 1.77 bits per heavy atom. The molecule has 0 saturated carbocycles. The Labute approximate surface area is 207 Å². The number of rotatable bonds is 3. The highest BCUT2D eigenvalue weighted by Crippen LogP contribution is 2.21. The van der Waals surface area contributed by atoms with E-state index in [0.717, 1.165) is 11.3 Å². The van der Waals surface area contributed by atoms with Crippen molar-refractivity contribution in [3.63, 3.8) is 0 Å². The molecule has 4 atom stereocenters. The van der Waals surface area contributed by atoms with Crippen molar-refractivity contribution < 1.29 is 28.6 Å². The maximum Gasteiger partial charge on any atom is 0.408 e. The zero-order valence-electron chi connectivity index (χ0n) is 21.4. The summed E-state index contributed by atoms with van der Waals surface area (Å²) in [5, 5.41) is 8.61. The van der Waals surface area contributed by atoms with Gasteiger partial charge in [0.2, 0.25) is 11.8 Å². The van der Waals surface area contributed by atoms with Crippen molar-refractivity contribution in [2.75, 3.05) is 13.2 Å². The average molecular weight is 490 g/mol. The molecule has 1 aromatic rings. The highest BCUT2D eigenvalue weighted by molar-refractivity contribution is 5.91. The summed E-state index contributed by atoms with van der Waals surface area (Å²) >= 11 is 0. The molecule has 2 bridgehead atoms. The number of fused-ring (bicyclic) bond motifs is 14. The highest BCUT2D eigenvalue weighted by Gasteiger charge is 2.37. The Bertz CT molecular complexity index is 876. The van der Waals surface area contributed by atoms with E-state index in [2.05, 4.69) is 16.0 Å². The number of hydrogen-bond donors (Lipinski definition) is 3. The van der Waals surface area contributed by atoms with Crippen molar-refractivity contribution >= 4 is 17.9 Å². The van der Waals surface area contributed by atoms with Crippen molar-refractivity contribution in [3.05, 3.63) is 29.8 Å². The van der Waals surface area contributed by atoms with Crippen LogP contribution in [-0.4, -0.2) is 61.0 Å². The van der Waals surface area contributed by atoms with Crippen molar-refractivity contribution in [2.24, 2.45) is 5.92 Å². The van der Waals surface area contributed by atoms with Crippen LogP contribution in [0.1, 0.15) is 59.4 Å². The largest absolute Gasteiger partial charge is 0.494 e. The minimum Gasteiger partial charge on any atom is -0.494 e. The lowest BCUT2D eigenvalue weighted by Crippen LogP contribution is -2.57. The molecule has 1 fully saturated rings. The number of benzene rings is 1. The second-order valence-corrected chi connectivity index (χ2v) is 10.6. The van der Waals surface area contributed by atoms with Crippen molar-refractivity contribution in [1.29, 1.82) is 0 Å². The van der Waals surface area contributed by atoms with Crippen LogP contribution in [0, 0.1) is 5.92 Å². The predicted molar refractivity (Wildman–Crippen MR) is 131 cm³/mol. The summed E-state index contributed by atoms with van der Waals surface area (Å²) in [6, 6.07) is 6.04. The Morgan fingerprint density at radius 1 is 1.09 bits per heavy atom. The SMILES string of the molecule is CC(C)[C@H]1NC(=O)[C@@H](NC(=O)OC(C)(C)C)CCCCOc2ccc(cc2)C[C@@H]([C@H]2CO2)NC1=O. The molecule has 0 spiro atoms. The topological polar surface area (TPSA) is 118 Å². The van der Waals surface area contributed by atoms with Crippen LogP contribution in [0.25, 0.3) is 0 Å². The third-order valence-corrected chi connectivity index (χ3v) is 5.92. The van der Waals surface area contributed by atoms with Gasteiger partial charge in [0.25, 0.3) is 0 Å². The van der Waals surface area contributed by atoms with E-state index in [9.17, 15) is 14.4 Å². The standard InChI is InChI=1S/C26H39N3O6/c1-16(2)22-24(31)27-20(21-15-34-21)14-17-9-11-18(12-10-17)33-13-7-6-8-19(23(30)29-22)28-25(32)35-26(3,4)5/h9-12,16,19-22H,6-8,13-15H2,1-5H3,(H,27,31)(H,28,32)(H,29,30)/t19-,20-,21+,22+/m0/s1. The number of ether oxygens (including phenoxy) is 3. The fourth-order valence-electron chi connectivity index (χ4n) is 3.96. The van der Waals surface area contributed by atoms with Gasteiger partial charge in [-0.25, -0.2) is 4.79 Å². The smallest absolute Gasteiger partial charge is 0.408 e. The van der Waals surface area contributed by atoms with Gasteiger partial charge in [0, 0.05) is 0 Å². The third-order valence-electron chi connectivity index (χ3n) is 5.92. The van der Waals surface area contributed by atoms with E-state index in [-0.39, 0.29) is 24.0 Å². The van der Waals surface area contributed by atoms with Crippen molar-refractivity contribution in [3.8, 4) is 5.75 Å². The van der Waals surface area contributed by atoms with Gasteiger partial charge in [0.15, 0.2) is 0 Å². The van der Waals surface area contributed by atoms with E-state index < -0.39 is 29.7 Å². The zero-order valence-corrected chi connectivity index (χ0v) is 21.4.